The molecule has 104 valence electrons. The van der Waals surface area contributed by atoms with Gasteiger partial charge < -0.3 is 4.57 Å². The van der Waals surface area contributed by atoms with Crippen molar-refractivity contribution < 1.29 is 4.39 Å². The van der Waals surface area contributed by atoms with Crippen LogP contribution in [0.3, 0.4) is 0 Å². The van der Waals surface area contributed by atoms with Gasteiger partial charge in [0.05, 0.1) is 29.2 Å². The topological polar surface area (TPSA) is 35.6 Å². The lowest BCUT2D eigenvalue weighted by atomic mass is 10.3. The van der Waals surface area contributed by atoms with E-state index in [2.05, 4.69) is 10.1 Å². The van der Waals surface area contributed by atoms with Gasteiger partial charge in [-0.15, -0.1) is 11.6 Å². The van der Waals surface area contributed by atoms with Crippen LogP contribution in [0.25, 0.3) is 11.0 Å². The van der Waals surface area contributed by atoms with E-state index in [1.165, 1.54) is 12.1 Å². The van der Waals surface area contributed by atoms with Gasteiger partial charge >= 0.3 is 0 Å². The second kappa shape index (κ2) is 4.90. The Balaban J connectivity index is 2.15. The lowest BCUT2D eigenvalue weighted by Gasteiger charge is -2.09. The summed E-state index contributed by atoms with van der Waals surface area (Å²) in [6, 6.07) is 4.57. The summed E-state index contributed by atoms with van der Waals surface area (Å²) < 4.78 is 17.2. The van der Waals surface area contributed by atoms with Gasteiger partial charge in [0.15, 0.2) is 0 Å². The zero-order chi connectivity index (χ0) is 14.3. The largest absolute Gasteiger partial charge is 0.322 e. The van der Waals surface area contributed by atoms with E-state index < -0.39 is 0 Å². The van der Waals surface area contributed by atoms with Gasteiger partial charge in [0, 0.05) is 18.8 Å². The summed E-state index contributed by atoms with van der Waals surface area (Å²) in [5, 5.41) is 3.90. The zero-order valence-electron chi connectivity index (χ0n) is 11.2. The minimum Gasteiger partial charge on any atom is -0.322 e. The molecule has 0 aliphatic carbocycles. The molecular formula is C14H14ClFN4. The normalized spacial score (nSPS) is 13.0. The molecule has 1 atom stereocenters. The van der Waals surface area contributed by atoms with Crippen LogP contribution < -0.4 is 0 Å². The summed E-state index contributed by atoms with van der Waals surface area (Å²) in [7, 11) is 1.86. The number of nitrogens with zero attached hydrogens (tertiary/aromatic N) is 4. The lowest BCUT2D eigenvalue weighted by Crippen LogP contribution is -2.05. The molecule has 0 radical (unpaired) electrons. The van der Waals surface area contributed by atoms with Gasteiger partial charge in [-0.25, -0.2) is 9.37 Å². The van der Waals surface area contributed by atoms with E-state index in [1.54, 1.807) is 16.9 Å². The van der Waals surface area contributed by atoms with Gasteiger partial charge in [-0.3, -0.25) is 4.68 Å². The molecule has 0 aliphatic rings. The predicted molar refractivity (Wildman–Crippen MR) is 76.3 cm³/mol. The number of hydrogen-bond donors (Lipinski definition) is 0. The maximum absolute atomic E-state index is 13.5. The summed E-state index contributed by atoms with van der Waals surface area (Å²) in [5.74, 6) is 0.453. The van der Waals surface area contributed by atoms with Crippen LogP contribution in [-0.4, -0.2) is 19.3 Å². The van der Waals surface area contributed by atoms with Crippen molar-refractivity contribution in [1.82, 2.24) is 19.3 Å². The highest BCUT2D eigenvalue weighted by Crippen LogP contribution is 2.26. The minimum atomic E-state index is -0.279. The Morgan fingerprint density at radius 2 is 2.20 bits per heavy atom. The van der Waals surface area contributed by atoms with E-state index >= 15 is 0 Å². The van der Waals surface area contributed by atoms with E-state index in [4.69, 9.17) is 11.6 Å². The van der Waals surface area contributed by atoms with Crippen LogP contribution in [-0.2, 0) is 13.6 Å². The number of aromatic nitrogens is 4. The Labute approximate surface area is 120 Å². The van der Waals surface area contributed by atoms with Crippen LogP contribution in [0.2, 0.25) is 0 Å². The number of aryl methyl sites for hydroxylation is 1. The molecule has 20 heavy (non-hydrogen) atoms. The SMILES string of the molecule is CC(Cl)c1nc2ccc(F)cc2n1Cc1cnn(C)c1. The van der Waals surface area contributed by atoms with Crippen LogP contribution in [0.1, 0.15) is 23.7 Å². The van der Waals surface area contributed by atoms with E-state index in [1.807, 2.05) is 24.7 Å². The maximum Gasteiger partial charge on any atom is 0.128 e. The Hall–Kier alpha value is -1.88. The number of hydrogen-bond acceptors (Lipinski definition) is 2. The molecule has 0 fully saturated rings. The first-order valence-corrected chi connectivity index (χ1v) is 6.75. The van der Waals surface area contributed by atoms with Crippen molar-refractivity contribution in [2.45, 2.75) is 18.8 Å². The first-order chi connectivity index (χ1) is 9.54. The fourth-order valence-electron chi connectivity index (χ4n) is 2.32. The Morgan fingerprint density at radius 1 is 1.40 bits per heavy atom. The van der Waals surface area contributed by atoms with Crippen LogP contribution in [0.15, 0.2) is 30.6 Å². The van der Waals surface area contributed by atoms with Crippen molar-refractivity contribution in [3.63, 3.8) is 0 Å². The molecule has 4 nitrogen and oxygen atoms in total. The Kier molecular flexibility index (Phi) is 3.22. The van der Waals surface area contributed by atoms with Gasteiger partial charge in [0.2, 0.25) is 0 Å². The molecule has 3 aromatic rings. The molecule has 0 amide bonds. The van der Waals surface area contributed by atoms with Crippen LogP contribution in [0, 0.1) is 5.82 Å². The van der Waals surface area contributed by atoms with Gasteiger partial charge in [-0.1, -0.05) is 0 Å². The standard InChI is InChI=1S/C14H14ClFN4/c1-9(15)14-18-12-4-3-11(16)5-13(12)20(14)8-10-6-17-19(2)7-10/h3-7,9H,8H2,1-2H3. The van der Waals surface area contributed by atoms with Crippen LogP contribution in [0.4, 0.5) is 4.39 Å². The van der Waals surface area contributed by atoms with Crippen LogP contribution >= 0.6 is 11.6 Å². The average Bonchev–Trinajstić information content (AvgIpc) is 2.95. The third-order valence-corrected chi connectivity index (χ3v) is 3.39. The Bertz CT molecular complexity index is 760. The quantitative estimate of drug-likeness (QED) is 0.695. The zero-order valence-corrected chi connectivity index (χ0v) is 12.0. The third kappa shape index (κ3) is 2.29. The Morgan fingerprint density at radius 3 is 2.85 bits per heavy atom. The molecule has 0 saturated heterocycles. The number of alkyl halides is 1. The minimum absolute atomic E-state index is 0.248. The fourth-order valence-corrected chi connectivity index (χ4v) is 2.49. The summed E-state index contributed by atoms with van der Waals surface area (Å²) in [6.07, 6.45) is 3.71. The van der Waals surface area contributed by atoms with Crippen molar-refractivity contribution in [3.8, 4) is 0 Å². The highest BCUT2D eigenvalue weighted by atomic mass is 35.5. The van der Waals surface area contributed by atoms with Gasteiger partial charge in [-0.2, -0.15) is 5.10 Å². The predicted octanol–water partition coefficient (Wildman–Crippen LogP) is 3.26. The molecule has 1 unspecified atom stereocenters. The number of halogens is 2. The first-order valence-electron chi connectivity index (χ1n) is 6.32. The van der Waals surface area contributed by atoms with Crippen molar-refractivity contribution in [2.24, 2.45) is 7.05 Å². The molecule has 6 heteroatoms. The van der Waals surface area contributed by atoms with Gasteiger partial charge in [0.25, 0.3) is 0 Å². The smallest absolute Gasteiger partial charge is 0.128 e. The molecule has 3 rings (SSSR count). The maximum atomic E-state index is 13.5. The summed E-state index contributed by atoms with van der Waals surface area (Å²) in [4.78, 5) is 4.49. The highest BCUT2D eigenvalue weighted by molar-refractivity contribution is 6.20. The molecule has 0 N–H and O–H groups in total. The van der Waals surface area contributed by atoms with E-state index in [9.17, 15) is 4.39 Å². The second-order valence-corrected chi connectivity index (χ2v) is 5.48. The summed E-state index contributed by atoms with van der Waals surface area (Å²) in [5.41, 5.74) is 2.52. The highest BCUT2D eigenvalue weighted by Gasteiger charge is 2.16. The first kappa shape index (κ1) is 13.1. The van der Waals surface area contributed by atoms with Gasteiger partial charge in [-0.05, 0) is 25.1 Å². The van der Waals surface area contributed by atoms with Crippen molar-refractivity contribution in [1.29, 1.82) is 0 Å². The molecular weight excluding hydrogens is 279 g/mol. The average molecular weight is 293 g/mol. The van der Waals surface area contributed by atoms with Crippen molar-refractivity contribution in [3.05, 3.63) is 47.8 Å². The number of fused-ring (bicyclic) bond motifs is 1. The van der Waals surface area contributed by atoms with Crippen molar-refractivity contribution in [2.75, 3.05) is 0 Å². The molecule has 2 aromatic heterocycles. The van der Waals surface area contributed by atoms with Crippen LogP contribution in [0.5, 0.6) is 0 Å². The molecule has 0 spiro atoms. The van der Waals surface area contributed by atoms with Crippen molar-refractivity contribution >= 4 is 22.6 Å². The molecule has 0 bridgehead atoms. The van der Waals surface area contributed by atoms with E-state index in [-0.39, 0.29) is 11.2 Å². The summed E-state index contributed by atoms with van der Waals surface area (Å²) in [6.45, 7) is 2.43. The number of imidazole rings is 1. The molecule has 2 heterocycles. The third-order valence-electron chi connectivity index (χ3n) is 3.19. The fraction of sp³-hybridized carbons (Fsp3) is 0.286. The van der Waals surface area contributed by atoms with Gasteiger partial charge in [0.1, 0.15) is 11.6 Å². The summed E-state index contributed by atoms with van der Waals surface area (Å²) >= 11 is 6.19. The molecule has 0 saturated carbocycles. The number of benzene rings is 1. The van der Waals surface area contributed by atoms with E-state index in [0.717, 1.165) is 22.4 Å². The molecule has 1 aromatic carbocycles. The second-order valence-electron chi connectivity index (χ2n) is 4.83. The van der Waals surface area contributed by atoms with E-state index in [0.29, 0.717) is 6.54 Å². The lowest BCUT2D eigenvalue weighted by molar-refractivity contribution is 0.628. The monoisotopic (exact) mass is 292 g/mol. The molecule has 0 aliphatic heterocycles. The number of rotatable bonds is 3.